The molecule has 0 atom stereocenters. The van der Waals surface area contributed by atoms with Gasteiger partial charge in [0.25, 0.3) is 5.56 Å². The number of hydrogen-bond acceptors (Lipinski definition) is 4. The van der Waals surface area contributed by atoms with Gasteiger partial charge in [-0.1, -0.05) is 35.9 Å². The van der Waals surface area contributed by atoms with E-state index in [0.29, 0.717) is 27.7 Å². The maximum atomic E-state index is 13.3. The number of fused-ring (bicyclic) bond motifs is 1. The Morgan fingerprint density at radius 1 is 0.900 bits per heavy atom. The zero-order valence-corrected chi connectivity index (χ0v) is 16.8. The minimum atomic E-state index is -0.281. The van der Waals surface area contributed by atoms with Crippen molar-refractivity contribution in [1.29, 1.82) is 0 Å². The number of benzene rings is 1. The van der Waals surface area contributed by atoms with Gasteiger partial charge in [0.2, 0.25) is 0 Å². The molecule has 0 N–H and O–H groups in total. The topological polar surface area (TPSA) is 65.6 Å². The summed E-state index contributed by atoms with van der Waals surface area (Å²) in [5.74, 6) is 0.930. The fraction of sp³-hybridized carbons (Fsp3) is 0.0435. The molecule has 0 radical (unpaired) electrons. The van der Waals surface area contributed by atoms with E-state index in [1.807, 2.05) is 43.6 Å². The average molecular weight is 414 g/mol. The van der Waals surface area contributed by atoms with Crippen LogP contribution in [0.25, 0.3) is 39.5 Å². The van der Waals surface area contributed by atoms with Gasteiger partial charge in [-0.15, -0.1) is 0 Å². The molecule has 0 aliphatic carbocycles. The first-order valence-electron chi connectivity index (χ1n) is 9.34. The molecule has 146 valence electrons. The maximum Gasteiger partial charge on any atom is 0.286 e. The number of hydrogen-bond donors (Lipinski definition) is 0. The number of halogens is 1. The fourth-order valence-electron chi connectivity index (χ4n) is 3.48. The Bertz CT molecular complexity index is 1420. The first kappa shape index (κ1) is 18.3. The van der Waals surface area contributed by atoms with E-state index >= 15 is 0 Å². The van der Waals surface area contributed by atoms with Crippen LogP contribution in [0.5, 0.6) is 0 Å². The predicted octanol–water partition coefficient (Wildman–Crippen LogP) is 4.50. The summed E-state index contributed by atoms with van der Waals surface area (Å²) < 4.78 is 3.53. The quantitative estimate of drug-likeness (QED) is 0.436. The van der Waals surface area contributed by atoms with Crippen LogP contribution in [0.2, 0.25) is 5.02 Å². The normalized spacial score (nSPS) is 11.1. The van der Waals surface area contributed by atoms with Crippen LogP contribution in [0.3, 0.4) is 0 Å². The zero-order valence-electron chi connectivity index (χ0n) is 16.0. The summed E-state index contributed by atoms with van der Waals surface area (Å²) in [6.07, 6.45) is 5.10. The molecule has 5 aromatic rings. The molecule has 0 unspecified atom stereocenters. The van der Waals surface area contributed by atoms with Gasteiger partial charge in [-0.3, -0.25) is 4.79 Å². The van der Waals surface area contributed by atoms with E-state index in [-0.39, 0.29) is 5.56 Å². The molecular weight excluding hydrogens is 398 g/mol. The third-order valence-corrected chi connectivity index (χ3v) is 5.18. The third kappa shape index (κ3) is 3.07. The van der Waals surface area contributed by atoms with Crippen LogP contribution in [0.4, 0.5) is 0 Å². The Kier molecular flexibility index (Phi) is 4.41. The van der Waals surface area contributed by atoms with Gasteiger partial charge in [0, 0.05) is 36.9 Å². The number of pyridine rings is 2. The van der Waals surface area contributed by atoms with Crippen LogP contribution in [-0.4, -0.2) is 24.1 Å². The second-order valence-electron chi connectivity index (χ2n) is 6.86. The van der Waals surface area contributed by atoms with Crippen LogP contribution in [0, 0.1) is 0 Å². The highest BCUT2D eigenvalue weighted by atomic mass is 35.5. The van der Waals surface area contributed by atoms with Crippen molar-refractivity contribution in [3.05, 3.63) is 94.6 Å². The van der Waals surface area contributed by atoms with Crippen LogP contribution in [-0.2, 0) is 7.05 Å². The van der Waals surface area contributed by atoms with Crippen molar-refractivity contribution < 1.29 is 0 Å². The Morgan fingerprint density at radius 3 is 2.40 bits per heavy atom. The Hall–Kier alpha value is -3.77. The average Bonchev–Trinajstić information content (AvgIpc) is 3.20. The molecule has 5 rings (SSSR count). The molecule has 0 bridgehead atoms. The minimum Gasteiger partial charge on any atom is -0.351 e. The molecular formula is C23H16ClN5O. The standard InChI is InChI=1S/C23H16ClN5O/c1-28-13-3-5-19(28)15-6-8-16(9-7-15)22-27-18-4-2-12-25-21(18)23(30)29(22)20-11-10-17(24)14-26-20/h2-14H,1H3. The number of rotatable bonds is 3. The molecule has 0 aliphatic heterocycles. The van der Waals surface area contributed by atoms with Crippen molar-refractivity contribution in [2.75, 3.05) is 0 Å². The second kappa shape index (κ2) is 7.24. The van der Waals surface area contributed by atoms with Gasteiger partial charge in [0.1, 0.15) is 11.6 Å². The van der Waals surface area contributed by atoms with E-state index in [4.69, 9.17) is 16.6 Å². The zero-order chi connectivity index (χ0) is 20.7. The summed E-state index contributed by atoms with van der Waals surface area (Å²) in [4.78, 5) is 26.6. The van der Waals surface area contributed by atoms with Gasteiger partial charge < -0.3 is 4.57 Å². The number of aryl methyl sites for hydroxylation is 1. The van der Waals surface area contributed by atoms with Gasteiger partial charge in [-0.25, -0.2) is 19.5 Å². The number of aromatic nitrogens is 5. The number of nitrogens with zero attached hydrogens (tertiary/aromatic N) is 5. The molecule has 0 spiro atoms. The summed E-state index contributed by atoms with van der Waals surface area (Å²) in [7, 11) is 2.00. The molecule has 6 nitrogen and oxygen atoms in total. The molecule has 0 saturated carbocycles. The smallest absolute Gasteiger partial charge is 0.286 e. The van der Waals surface area contributed by atoms with Crippen molar-refractivity contribution in [1.82, 2.24) is 24.1 Å². The highest BCUT2D eigenvalue weighted by Crippen LogP contribution is 2.25. The highest BCUT2D eigenvalue weighted by molar-refractivity contribution is 6.30. The van der Waals surface area contributed by atoms with Gasteiger partial charge in [0.15, 0.2) is 5.52 Å². The highest BCUT2D eigenvalue weighted by Gasteiger charge is 2.16. The van der Waals surface area contributed by atoms with Crippen LogP contribution in [0.1, 0.15) is 0 Å². The maximum absolute atomic E-state index is 13.3. The SMILES string of the molecule is Cn1cccc1-c1ccc(-c2nc3cccnc3c(=O)n2-c2ccc(Cl)cn2)cc1. The summed E-state index contributed by atoms with van der Waals surface area (Å²) in [5, 5.41) is 0.493. The first-order valence-corrected chi connectivity index (χ1v) is 9.71. The molecule has 4 aromatic heterocycles. The first-order chi connectivity index (χ1) is 14.6. The summed E-state index contributed by atoms with van der Waals surface area (Å²) in [6.45, 7) is 0. The monoisotopic (exact) mass is 413 g/mol. The molecule has 4 heterocycles. The molecule has 0 amide bonds. The predicted molar refractivity (Wildman–Crippen MR) is 118 cm³/mol. The fourth-order valence-corrected chi connectivity index (χ4v) is 3.59. The van der Waals surface area contributed by atoms with Crippen molar-refractivity contribution in [2.24, 2.45) is 7.05 Å². The lowest BCUT2D eigenvalue weighted by Gasteiger charge is -2.13. The summed E-state index contributed by atoms with van der Waals surface area (Å²) in [6, 6.07) is 19.0. The Morgan fingerprint density at radius 2 is 1.70 bits per heavy atom. The van der Waals surface area contributed by atoms with Crippen LogP contribution >= 0.6 is 11.6 Å². The van der Waals surface area contributed by atoms with Crippen molar-refractivity contribution in [2.45, 2.75) is 0 Å². The van der Waals surface area contributed by atoms with E-state index in [1.165, 1.54) is 10.8 Å². The van der Waals surface area contributed by atoms with Gasteiger partial charge in [0.05, 0.1) is 10.5 Å². The van der Waals surface area contributed by atoms with E-state index in [1.54, 1.807) is 30.5 Å². The van der Waals surface area contributed by atoms with Crippen LogP contribution < -0.4 is 5.56 Å². The minimum absolute atomic E-state index is 0.281. The Labute approximate surface area is 177 Å². The lowest BCUT2D eigenvalue weighted by atomic mass is 10.1. The summed E-state index contributed by atoms with van der Waals surface area (Å²) in [5.41, 5.74) is 3.53. The van der Waals surface area contributed by atoms with Crippen molar-refractivity contribution in [3.63, 3.8) is 0 Å². The lowest BCUT2D eigenvalue weighted by Crippen LogP contribution is -2.23. The van der Waals surface area contributed by atoms with E-state index < -0.39 is 0 Å². The van der Waals surface area contributed by atoms with E-state index in [0.717, 1.165) is 16.8 Å². The van der Waals surface area contributed by atoms with Gasteiger partial charge in [-0.2, -0.15) is 0 Å². The largest absolute Gasteiger partial charge is 0.351 e. The second-order valence-corrected chi connectivity index (χ2v) is 7.30. The molecule has 0 saturated heterocycles. The van der Waals surface area contributed by atoms with Gasteiger partial charge >= 0.3 is 0 Å². The third-order valence-electron chi connectivity index (χ3n) is 4.95. The van der Waals surface area contributed by atoms with Crippen molar-refractivity contribution in [3.8, 4) is 28.5 Å². The summed E-state index contributed by atoms with van der Waals surface area (Å²) >= 11 is 5.99. The molecule has 0 aliphatic rings. The lowest BCUT2D eigenvalue weighted by molar-refractivity contribution is 0.926. The Balaban J connectivity index is 1.73. The van der Waals surface area contributed by atoms with Crippen LogP contribution in [0.15, 0.2) is 84.0 Å². The van der Waals surface area contributed by atoms with E-state index in [2.05, 4.69) is 20.6 Å². The molecule has 1 aromatic carbocycles. The molecule has 0 fully saturated rings. The molecule has 30 heavy (non-hydrogen) atoms. The van der Waals surface area contributed by atoms with Gasteiger partial charge in [-0.05, 0) is 42.0 Å². The van der Waals surface area contributed by atoms with E-state index in [9.17, 15) is 4.79 Å². The van der Waals surface area contributed by atoms with Crippen molar-refractivity contribution >= 4 is 22.6 Å². The molecule has 7 heteroatoms.